The van der Waals surface area contributed by atoms with E-state index in [4.69, 9.17) is 0 Å². The van der Waals surface area contributed by atoms with E-state index in [0.717, 1.165) is 16.9 Å². The smallest absolute Gasteiger partial charge is 0.0230 e. The summed E-state index contributed by atoms with van der Waals surface area (Å²) in [5, 5.41) is 3.54. The van der Waals surface area contributed by atoms with Crippen molar-refractivity contribution in [1.29, 1.82) is 0 Å². The zero-order chi connectivity index (χ0) is 14.4. The van der Waals surface area contributed by atoms with Crippen molar-refractivity contribution in [2.75, 3.05) is 20.6 Å². The molecule has 2 atom stereocenters. The summed E-state index contributed by atoms with van der Waals surface area (Å²) in [6.07, 6.45) is 6.90. The van der Waals surface area contributed by atoms with Crippen molar-refractivity contribution >= 4 is 15.9 Å². The van der Waals surface area contributed by atoms with Gasteiger partial charge in [-0.15, -0.1) is 0 Å². The van der Waals surface area contributed by atoms with Crippen molar-refractivity contribution in [3.8, 4) is 0 Å². The van der Waals surface area contributed by atoms with Crippen LogP contribution in [0, 0.1) is 5.92 Å². The van der Waals surface area contributed by atoms with Gasteiger partial charge in [0.05, 0.1) is 0 Å². The van der Waals surface area contributed by atoms with Gasteiger partial charge in [-0.2, -0.15) is 0 Å². The highest BCUT2D eigenvalue weighted by molar-refractivity contribution is 9.10. The van der Waals surface area contributed by atoms with E-state index in [9.17, 15) is 0 Å². The molecule has 0 radical (unpaired) electrons. The molecule has 1 N–H and O–H groups in total. The van der Waals surface area contributed by atoms with Crippen molar-refractivity contribution in [3.05, 3.63) is 34.3 Å². The third-order valence-electron chi connectivity index (χ3n) is 4.44. The average Bonchev–Trinajstić information content (AvgIpc) is 2.66. The zero-order valence-corrected chi connectivity index (χ0v) is 14.3. The molecule has 2 nitrogen and oxygen atoms in total. The molecule has 0 aliphatic heterocycles. The van der Waals surface area contributed by atoms with E-state index in [1.54, 1.807) is 0 Å². The number of hydrogen-bond donors (Lipinski definition) is 1. The first-order valence-corrected chi connectivity index (χ1v) is 8.58. The van der Waals surface area contributed by atoms with Gasteiger partial charge in [-0.05, 0) is 50.6 Å². The van der Waals surface area contributed by atoms with Gasteiger partial charge >= 0.3 is 0 Å². The predicted molar refractivity (Wildman–Crippen MR) is 89.9 cm³/mol. The molecule has 0 aromatic heterocycles. The second-order valence-electron chi connectivity index (χ2n) is 6.12. The number of nitrogens with one attached hydrogen (secondary N) is 1. The lowest BCUT2D eigenvalue weighted by Crippen LogP contribution is -2.39. The quantitative estimate of drug-likeness (QED) is 0.814. The Hall–Kier alpha value is -0.380. The van der Waals surface area contributed by atoms with Gasteiger partial charge in [-0.25, -0.2) is 0 Å². The topological polar surface area (TPSA) is 15.3 Å². The largest absolute Gasteiger partial charge is 0.317 e. The van der Waals surface area contributed by atoms with Crippen LogP contribution in [0.25, 0.3) is 0 Å². The van der Waals surface area contributed by atoms with Crippen LogP contribution in [0.5, 0.6) is 0 Å². The normalized spacial score (nSPS) is 23.8. The van der Waals surface area contributed by atoms with Crippen molar-refractivity contribution in [2.24, 2.45) is 5.92 Å². The lowest BCUT2D eigenvalue weighted by Gasteiger charge is -2.29. The van der Waals surface area contributed by atoms with Gasteiger partial charge in [-0.3, -0.25) is 0 Å². The number of benzene rings is 1. The van der Waals surface area contributed by atoms with Crippen LogP contribution in [0.3, 0.4) is 0 Å². The van der Waals surface area contributed by atoms with Crippen LogP contribution < -0.4 is 5.32 Å². The summed E-state index contributed by atoms with van der Waals surface area (Å²) < 4.78 is 1.16. The molecule has 3 heteroatoms. The summed E-state index contributed by atoms with van der Waals surface area (Å²) in [6.45, 7) is 2.24. The van der Waals surface area contributed by atoms with Crippen LogP contribution in [-0.2, 0) is 6.54 Å². The number of rotatable bonds is 5. The molecule has 20 heavy (non-hydrogen) atoms. The van der Waals surface area contributed by atoms with E-state index in [1.165, 1.54) is 44.2 Å². The summed E-state index contributed by atoms with van der Waals surface area (Å²) in [5.41, 5.74) is 1.39. The average molecular weight is 339 g/mol. The van der Waals surface area contributed by atoms with Crippen LogP contribution in [-0.4, -0.2) is 31.6 Å². The Morgan fingerprint density at radius 2 is 1.85 bits per heavy atom. The van der Waals surface area contributed by atoms with Gasteiger partial charge in [-0.1, -0.05) is 47.3 Å². The molecule has 112 valence electrons. The SMILES string of the molecule is CNC1CCCCCC1CN(C)Cc1ccc(Br)cc1. The van der Waals surface area contributed by atoms with E-state index < -0.39 is 0 Å². The molecule has 0 spiro atoms. The summed E-state index contributed by atoms with van der Waals surface area (Å²) in [6, 6.07) is 9.38. The molecular weight excluding hydrogens is 312 g/mol. The Kier molecular flexibility index (Phi) is 6.53. The van der Waals surface area contributed by atoms with Crippen LogP contribution in [0.1, 0.15) is 37.7 Å². The zero-order valence-electron chi connectivity index (χ0n) is 12.7. The standard InChI is InChI=1S/C17H27BrN2/c1-19-17-7-5-3-4-6-15(17)13-20(2)12-14-8-10-16(18)11-9-14/h8-11,15,17,19H,3-7,12-13H2,1-2H3. The maximum Gasteiger partial charge on any atom is 0.0230 e. The van der Waals surface area contributed by atoms with Crippen LogP contribution in [0.2, 0.25) is 0 Å². The van der Waals surface area contributed by atoms with E-state index in [1.807, 2.05) is 0 Å². The first-order chi connectivity index (χ1) is 9.69. The highest BCUT2D eigenvalue weighted by Gasteiger charge is 2.23. The number of hydrogen-bond acceptors (Lipinski definition) is 2. The van der Waals surface area contributed by atoms with Crippen molar-refractivity contribution in [3.63, 3.8) is 0 Å². The molecule has 0 amide bonds. The van der Waals surface area contributed by atoms with Gasteiger partial charge in [0.1, 0.15) is 0 Å². The maximum atomic E-state index is 3.54. The van der Waals surface area contributed by atoms with E-state index in [2.05, 4.69) is 64.5 Å². The molecular formula is C17H27BrN2. The van der Waals surface area contributed by atoms with Gasteiger partial charge < -0.3 is 10.2 Å². The number of halogens is 1. The van der Waals surface area contributed by atoms with Gasteiger partial charge in [0, 0.05) is 23.6 Å². The first-order valence-electron chi connectivity index (χ1n) is 7.79. The van der Waals surface area contributed by atoms with Crippen LogP contribution >= 0.6 is 15.9 Å². The molecule has 2 unspecified atom stereocenters. The lowest BCUT2D eigenvalue weighted by molar-refractivity contribution is 0.223. The minimum atomic E-state index is 0.699. The Balaban J connectivity index is 1.88. The molecule has 2 rings (SSSR count). The predicted octanol–water partition coefficient (Wildman–Crippen LogP) is 4.05. The Bertz CT molecular complexity index is 390. The minimum Gasteiger partial charge on any atom is -0.317 e. The maximum absolute atomic E-state index is 3.54. The minimum absolute atomic E-state index is 0.699. The third-order valence-corrected chi connectivity index (χ3v) is 4.97. The monoisotopic (exact) mass is 338 g/mol. The summed E-state index contributed by atoms with van der Waals surface area (Å²) >= 11 is 3.50. The molecule has 0 bridgehead atoms. The first kappa shape index (κ1) is 16.0. The second kappa shape index (κ2) is 8.16. The highest BCUT2D eigenvalue weighted by Crippen LogP contribution is 2.24. The molecule has 1 aromatic carbocycles. The molecule has 1 aliphatic rings. The van der Waals surface area contributed by atoms with E-state index in [0.29, 0.717) is 6.04 Å². The fourth-order valence-electron chi connectivity index (χ4n) is 3.35. The van der Waals surface area contributed by atoms with Crippen molar-refractivity contribution < 1.29 is 0 Å². The Morgan fingerprint density at radius 3 is 2.55 bits per heavy atom. The molecule has 1 aromatic rings. The van der Waals surface area contributed by atoms with Crippen molar-refractivity contribution in [1.82, 2.24) is 10.2 Å². The molecule has 0 heterocycles. The van der Waals surface area contributed by atoms with E-state index in [-0.39, 0.29) is 0 Å². The third kappa shape index (κ3) is 4.87. The lowest BCUT2D eigenvalue weighted by atomic mass is 9.94. The van der Waals surface area contributed by atoms with Gasteiger partial charge in [0.2, 0.25) is 0 Å². The van der Waals surface area contributed by atoms with E-state index >= 15 is 0 Å². The molecule has 1 saturated carbocycles. The number of nitrogens with zero attached hydrogens (tertiary/aromatic N) is 1. The van der Waals surface area contributed by atoms with Crippen LogP contribution in [0.4, 0.5) is 0 Å². The Labute approximate surface area is 132 Å². The summed E-state index contributed by atoms with van der Waals surface area (Å²) in [7, 11) is 4.37. The molecule has 1 fully saturated rings. The fraction of sp³-hybridized carbons (Fsp3) is 0.647. The Morgan fingerprint density at radius 1 is 1.15 bits per heavy atom. The van der Waals surface area contributed by atoms with Crippen molar-refractivity contribution in [2.45, 2.75) is 44.7 Å². The second-order valence-corrected chi connectivity index (χ2v) is 7.03. The fourth-order valence-corrected chi connectivity index (χ4v) is 3.61. The summed E-state index contributed by atoms with van der Waals surface area (Å²) in [4.78, 5) is 2.48. The summed E-state index contributed by atoms with van der Waals surface area (Å²) in [5.74, 6) is 0.794. The van der Waals surface area contributed by atoms with Gasteiger partial charge in [0.15, 0.2) is 0 Å². The van der Waals surface area contributed by atoms with Crippen LogP contribution in [0.15, 0.2) is 28.7 Å². The highest BCUT2D eigenvalue weighted by atomic mass is 79.9. The molecule has 0 saturated heterocycles. The van der Waals surface area contributed by atoms with Gasteiger partial charge in [0.25, 0.3) is 0 Å². The molecule has 1 aliphatic carbocycles.